The zero-order valence-electron chi connectivity index (χ0n) is 14.3. The molecule has 0 bridgehead atoms. The molecule has 2 fully saturated rings. The van der Waals surface area contributed by atoms with Gasteiger partial charge in [0.2, 0.25) is 5.91 Å². The average Bonchev–Trinajstić information content (AvgIpc) is 3.28. The van der Waals surface area contributed by atoms with Crippen molar-refractivity contribution in [2.75, 3.05) is 13.1 Å². The van der Waals surface area contributed by atoms with Crippen molar-refractivity contribution in [2.45, 2.75) is 51.7 Å². The minimum atomic E-state index is 0. The lowest BCUT2D eigenvalue weighted by atomic mass is 10.1. The Morgan fingerprint density at radius 3 is 2.67 bits per heavy atom. The van der Waals surface area contributed by atoms with Crippen molar-refractivity contribution in [3.05, 3.63) is 35.4 Å². The lowest BCUT2D eigenvalue weighted by Crippen LogP contribution is -2.38. The van der Waals surface area contributed by atoms with E-state index in [1.807, 2.05) is 17.0 Å². The first-order chi connectivity index (χ1) is 11.3. The summed E-state index contributed by atoms with van der Waals surface area (Å²) >= 11 is 0. The highest BCUT2D eigenvalue weighted by Crippen LogP contribution is 2.19. The number of nitrogens with zero attached hydrogens (tertiary/aromatic N) is 2. The summed E-state index contributed by atoms with van der Waals surface area (Å²) < 4.78 is 0. The van der Waals surface area contributed by atoms with Crippen LogP contribution in [-0.4, -0.2) is 35.9 Å². The average molecular weight is 442 g/mol. The van der Waals surface area contributed by atoms with Crippen molar-refractivity contribution >= 4 is 35.8 Å². The monoisotopic (exact) mass is 442 g/mol. The number of carbonyl (C=O) groups is 1. The van der Waals surface area contributed by atoms with Crippen molar-refractivity contribution in [1.82, 2.24) is 15.5 Å². The second-order valence-electron chi connectivity index (χ2n) is 6.30. The van der Waals surface area contributed by atoms with Crippen molar-refractivity contribution < 1.29 is 4.79 Å². The van der Waals surface area contributed by atoms with E-state index in [4.69, 9.17) is 4.99 Å². The summed E-state index contributed by atoms with van der Waals surface area (Å²) in [7, 11) is 0. The molecule has 24 heavy (non-hydrogen) atoms. The van der Waals surface area contributed by atoms with Gasteiger partial charge in [0.05, 0.1) is 6.54 Å². The molecule has 2 N–H and O–H groups in total. The van der Waals surface area contributed by atoms with Gasteiger partial charge in [0.25, 0.3) is 0 Å². The molecule has 3 rings (SSSR count). The molecule has 1 aromatic rings. The Bertz CT molecular complexity index is 586. The third-order valence-corrected chi connectivity index (χ3v) is 4.32. The van der Waals surface area contributed by atoms with Gasteiger partial charge in [-0.3, -0.25) is 4.79 Å². The Balaban J connectivity index is 0.00000208. The van der Waals surface area contributed by atoms with Crippen LogP contribution in [0.25, 0.3) is 0 Å². The molecule has 5 nitrogen and oxygen atoms in total. The maximum Gasteiger partial charge on any atom is 0.222 e. The van der Waals surface area contributed by atoms with Gasteiger partial charge < -0.3 is 15.5 Å². The second kappa shape index (κ2) is 9.25. The quantitative estimate of drug-likeness (QED) is 0.405. The molecular formula is C18H27IN4O. The van der Waals surface area contributed by atoms with E-state index < -0.39 is 0 Å². The van der Waals surface area contributed by atoms with Crippen LogP contribution >= 0.6 is 24.0 Å². The number of hydrogen-bond donors (Lipinski definition) is 2. The third-order valence-electron chi connectivity index (χ3n) is 4.32. The fourth-order valence-corrected chi connectivity index (χ4v) is 2.85. The number of halogens is 1. The molecule has 1 saturated heterocycles. The number of nitrogens with one attached hydrogen (secondary N) is 2. The van der Waals surface area contributed by atoms with Gasteiger partial charge in [0, 0.05) is 32.1 Å². The summed E-state index contributed by atoms with van der Waals surface area (Å²) in [6, 6.07) is 8.89. The van der Waals surface area contributed by atoms with Crippen molar-refractivity contribution in [2.24, 2.45) is 4.99 Å². The van der Waals surface area contributed by atoms with Gasteiger partial charge in [-0.25, -0.2) is 4.99 Å². The zero-order chi connectivity index (χ0) is 16.1. The van der Waals surface area contributed by atoms with E-state index in [1.165, 1.54) is 24.0 Å². The highest BCUT2D eigenvalue weighted by molar-refractivity contribution is 14.0. The first kappa shape index (κ1) is 19.0. The molecule has 0 unspecified atom stereocenters. The van der Waals surface area contributed by atoms with E-state index >= 15 is 0 Å². The van der Waals surface area contributed by atoms with Crippen LogP contribution in [0.2, 0.25) is 0 Å². The Morgan fingerprint density at radius 1 is 1.29 bits per heavy atom. The summed E-state index contributed by atoms with van der Waals surface area (Å²) in [6.45, 7) is 5.17. The van der Waals surface area contributed by atoms with Crippen LogP contribution in [0.5, 0.6) is 0 Å². The second-order valence-corrected chi connectivity index (χ2v) is 6.30. The smallest absolute Gasteiger partial charge is 0.222 e. The summed E-state index contributed by atoms with van der Waals surface area (Å²) in [6.07, 6.45) is 4.14. The number of benzene rings is 1. The SMILES string of the molecule is CCNC(=NCc1ccccc1CN1CCCC1=O)NC1CC1.I. The largest absolute Gasteiger partial charge is 0.357 e. The molecule has 1 amide bonds. The van der Waals surface area contributed by atoms with Crippen LogP contribution in [0.15, 0.2) is 29.3 Å². The van der Waals surface area contributed by atoms with Crippen molar-refractivity contribution in [3.8, 4) is 0 Å². The highest BCUT2D eigenvalue weighted by Gasteiger charge is 2.22. The van der Waals surface area contributed by atoms with Crippen LogP contribution in [0.3, 0.4) is 0 Å². The predicted octanol–water partition coefficient (Wildman–Crippen LogP) is 2.64. The summed E-state index contributed by atoms with van der Waals surface area (Å²) in [5.74, 6) is 1.16. The zero-order valence-corrected chi connectivity index (χ0v) is 16.6. The van der Waals surface area contributed by atoms with Crippen molar-refractivity contribution in [3.63, 3.8) is 0 Å². The van der Waals surface area contributed by atoms with E-state index in [0.717, 1.165) is 25.5 Å². The van der Waals surface area contributed by atoms with Gasteiger partial charge in [0.15, 0.2) is 5.96 Å². The van der Waals surface area contributed by atoms with Gasteiger partial charge in [-0.15, -0.1) is 24.0 Å². The topological polar surface area (TPSA) is 56.7 Å². The molecule has 1 aliphatic heterocycles. The fraction of sp³-hybridized carbons (Fsp3) is 0.556. The fourth-order valence-electron chi connectivity index (χ4n) is 2.85. The Morgan fingerprint density at radius 2 is 2.04 bits per heavy atom. The van der Waals surface area contributed by atoms with Gasteiger partial charge in [0.1, 0.15) is 0 Å². The molecule has 0 atom stereocenters. The molecule has 1 heterocycles. The molecule has 1 aliphatic carbocycles. The highest BCUT2D eigenvalue weighted by atomic mass is 127. The number of guanidine groups is 1. The lowest BCUT2D eigenvalue weighted by Gasteiger charge is -2.18. The van der Waals surface area contributed by atoms with Gasteiger partial charge in [-0.05, 0) is 37.3 Å². The number of carbonyl (C=O) groups excluding carboxylic acids is 1. The van der Waals surface area contributed by atoms with Gasteiger partial charge in [-0.1, -0.05) is 24.3 Å². The van der Waals surface area contributed by atoms with Crippen LogP contribution in [-0.2, 0) is 17.9 Å². The maximum absolute atomic E-state index is 11.8. The standard InChI is InChI=1S/C18H26N4O.HI/c1-2-19-18(21-16-9-10-16)20-12-14-6-3-4-7-15(14)13-22-11-5-8-17(22)23;/h3-4,6-7,16H,2,5,8-13H2,1H3,(H2,19,20,21);1H. The van der Waals surface area contributed by atoms with E-state index in [9.17, 15) is 4.79 Å². The van der Waals surface area contributed by atoms with Crippen LogP contribution in [0.4, 0.5) is 0 Å². The third kappa shape index (κ3) is 5.36. The van der Waals surface area contributed by atoms with E-state index in [1.54, 1.807) is 0 Å². The summed E-state index contributed by atoms with van der Waals surface area (Å²) in [5.41, 5.74) is 2.40. The first-order valence-corrected chi connectivity index (χ1v) is 8.65. The number of rotatable bonds is 6. The van der Waals surface area contributed by atoms with Crippen LogP contribution < -0.4 is 10.6 Å². The minimum absolute atomic E-state index is 0. The lowest BCUT2D eigenvalue weighted by molar-refractivity contribution is -0.128. The molecule has 1 aromatic carbocycles. The van der Waals surface area contributed by atoms with Gasteiger partial charge in [-0.2, -0.15) is 0 Å². The molecule has 6 heteroatoms. The minimum Gasteiger partial charge on any atom is -0.357 e. The maximum atomic E-state index is 11.8. The molecule has 0 radical (unpaired) electrons. The summed E-state index contributed by atoms with van der Waals surface area (Å²) in [4.78, 5) is 18.5. The normalized spacial score (nSPS) is 17.6. The van der Waals surface area contributed by atoms with Gasteiger partial charge >= 0.3 is 0 Å². The predicted molar refractivity (Wildman–Crippen MR) is 107 cm³/mol. The van der Waals surface area contributed by atoms with Crippen molar-refractivity contribution in [1.29, 1.82) is 0 Å². The molecule has 2 aliphatic rings. The summed E-state index contributed by atoms with van der Waals surface area (Å²) in [5, 5.41) is 6.73. The molecule has 0 spiro atoms. The van der Waals surface area contributed by atoms with Crippen LogP contribution in [0.1, 0.15) is 43.7 Å². The number of likely N-dealkylation sites (tertiary alicyclic amines) is 1. The van der Waals surface area contributed by atoms with E-state index in [0.29, 0.717) is 25.6 Å². The Hall–Kier alpha value is -1.31. The molecule has 0 aromatic heterocycles. The van der Waals surface area contributed by atoms with E-state index in [-0.39, 0.29) is 29.9 Å². The molecule has 1 saturated carbocycles. The molecule has 132 valence electrons. The number of hydrogen-bond acceptors (Lipinski definition) is 2. The first-order valence-electron chi connectivity index (χ1n) is 8.65. The van der Waals surface area contributed by atoms with E-state index in [2.05, 4.69) is 29.7 Å². The molecular weight excluding hydrogens is 415 g/mol. The Labute approximate surface area is 161 Å². The Kier molecular flexibility index (Phi) is 7.33. The number of amides is 1. The number of aliphatic imine (C=N–C) groups is 1. The van der Waals surface area contributed by atoms with Crippen LogP contribution in [0, 0.1) is 0 Å².